The Morgan fingerprint density at radius 3 is 3.00 bits per heavy atom. The predicted molar refractivity (Wildman–Crippen MR) is 66.9 cm³/mol. The molecule has 0 saturated carbocycles. The number of hydrogen-bond acceptors (Lipinski definition) is 4. The van der Waals surface area contributed by atoms with Crippen molar-refractivity contribution in [2.24, 2.45) is 0 Å². The van der Waals surface area contributed by atoms with Crippen molar-refractivity contribution in [3.8, 4) is 5.82 Å². The fourth-order valence-electron chi connectivity index (χ4n) is 1.50. The minimum absolute atomic E-state index is 0.314. The van der Waals surface area contributed by atoms with Gasteiger partial charge in [0.25, 0.3) is 0 Å². The molecular weight excluding hydrogens is 254 g/mol. The molecule has 5 nitrogen and oxygen atoms in total. The maximum absolute atomic E-state index is 11.8. The zero-order chi connectivity index (χ0) is 13.0. The molecule has 0 fully saturated rings. The minimum atomic E-state index is -0.413. The highest BCUT2D eigenvalue weighted by molar-refractivity contribution is 6.16. The molecule has 2 aromatic heterocycles. The molecule has 0 spiro atoms. The summed E-state index contributed by atoms with van der Waals surface area (Å²) in [6.45, 7) is 2.08. The smallest absolute Gasteiger partial charge is 0.341 e. The maximum atomic E-state index is 11.8. The molecule has 2 rings (SSSR count). The lowest BCUT2D eigenvalue weighted by molar-refractivity contribution is 0.0525. The summed E-state index contributed by atoms with van der Waals surface area (Å²) in [5.74, 6) is 0.338. The Kier molecular flexibility index (Phi) is 3.94. The number of esters is 1. The van der Waals surface area contributed by atoms with Crippen LogP contribution < -0.4 is 0 Å². The fraction of sp³-hybridized carbons (Fsp3) is 0.250. The molecular formula is C12H12ClN3O2. The molecule has 0 radical (unpaired) electrons. The Bertz CT molecular complexity index is 554. The quantitative estimate of drug-likeness (QED) is 0.628. The first-order valence-electron chi connectivity index (χ1n) is 5.49. The number of alkyl halides is 1. The summed E-state index contributed by atoms with van der Waals surface area (Å²) in [7, 11) is 0. The number of nitrogens with zero attached hydrogens (tertiary/aromatic N) is 3. The molecule has 0 bridgehead atoms. The van der Waals surface area contributed by atoms with Crippen molar-refractivity contribution < 1.29 is 9.53 Å². The molecule has 18 heavy (non-hydrogen) atoms. The third kappa shape index (κ3) is 2.51. The van der Waals surface area contributed by atoms with Gasteiger partial charge in [-0.15, -0.1) is 11.6 Å². The van der Waals surface area contributed by atoms with Gasteiger partial charge in [-0.05, 0) is 25.1 Å². The van der Waals surface area contributed by atoms with E-state index in [1.54, 1.807) is 37.5 Å². The molecule has 0 aliphatic carbocycles. The number of aromatic nitrogens is 3. The van der Waals surface area contributed by atoms with Crippen LogP contribution in [0.1, 0.15) is 23.0 Å². The van der Waals surface area contributed by atoms with Gasteiger partial charge >= 0.3 is 5.97 Å². The van der Waals surface area contributed by atoms with Crippen molar-refractivity contribution >= 4 is 17.6 Å². The van der Waals surface area contributed by atoms with Gasteiger partial charge in [-0.25, -0.2) is 14.5 Å². The first kappa shape index (κ1) is 12.6. The van der Waals surface area contributed by atoms with Crippen LogP contribution in [-0.4, -0.2) is 27.3 Å². The zero-order valence-electron chi connectivity index (χ0n) is 9.84. The molecule has 0 aliphatic rings. The average Bonchev–Trinajstić information content (AvgIpc) is 2.87. The minimum Gasteiger partial charge on any atom is -0.462 e. The molecule has 0 atom stereocenters. The SMILES string of the molecule is CCOC(=O)c1cccnc1-n1ccc(CCl)n1. The number of hydrogen-bond donors (Lipinski definition) is 0. The normalized spacial score (nSPS) is 10.3. The molecule has 6 heteroatoms. The van der Waals surface area contributed by atoms with E-state index in [9.17, 15) is 4.79 Å². The fourth-order valence-corrected chi connectivity index (χ4v) is 1.64. The third-order valence-corrected chi connectivity index (χ3v) is 2.55. The van der Waals surface area contributed by atoms with Crippen LogP contribution in [0.25, 0.3) is 5.82 Å². The van der Waals surface area contributed by atoms with E-state index in [1.807, 2.05) is 0 Å². The Hall–Kier alpha value is -1.88. The van der Waals surface area contributed by atoms with E-state index in [2.05, 4.69) is 10.1 Å². The van der Waals surface area contributed by atoms with Crippen molar-refractivity contribution in [2.45, 2.75) is 12.8 Å². The van der Waals surface area contributed by atoms with E-state index < -0.39 is 5.97 Å². The number of rotatable bonds is 4. The zero-order valence-corrected chi connectivity index (χ0v) is 10.6. The van der Waals surface area contributed by atoms with Crippen LogP contribution >= 0.6 is 11.6 Å². The van der Waals surface area contributed by atoms with E-state index >= 15 is 0 Å². The highest BCUT2D eigenvalue weighted by atomic mass is 35.5. The van der Waals surface area contributed by atoms with Gasteiger partial charge in [0.1, 0.15) is 5.56 Å². The Labute approximate surface area is 109 Å². The van der Waals surface area contributed by atoms with Crippen LogP contribution in [-0.2, 0) is 10.6 Å². The third-order valence-electron chi connectivity index (χ3n) is 2.28. The largest absolute Gasteiger partial charge is 0.462 e. The predicted octanol–water partition coefficient (Wildman–Crippen LogP) is 2.18. The topological polar surface area (TPSA) is 57.0 Å². The lowest BCUT2D eigenvalue weighted by atomic mass is 10.2. The van der Waals surface area contributed by atoms with Gasteiger partial charge in [-0.2, -0.15) is 5.10 Å². The Balaban J connectivity index is 2.41. The molecule has 0 unspecified atom stereocenters. The summed E-state index contributed by atoms with van der Waals surface area (Å²) < 4.78 is 6.49. The second kappa shape index (κ2) is 5.64. The highest BCUT2D eigenvalue weighted by Gasteiger charge is 2.15. The first-order valence-corrected chi connectivity index (χ1v) is 6.02. The summed E-state index contributed by atoms with van der Waals surface area (Å²) in [5.41, 5.74) is 1.10. The van der Waals surface area contributed by atoms with Crippen LogP contribution in [0, 0.1) is 0 Å². The highest BCUT2D eigenvalue weighted by Crippen LogP contribution is 2.13. The first-order chi connectivity index (χ1) is 8.76. The molecule has 0 aromatic carbocycles. The number of ether oxygens (including phenoxy) is 1. The summed E-state index contributed by atoms with van der Waals surface area (Å²) in [6, 6.07) is 5.11. The van der Waals surface area contributed by atoms with Gasteiger partial charge in [0, 0.05) is 12.4 Å². The van der Waals surface area contributed by atoms with Crippen molar-refractivity contribution in [3.63, 3.8) is 0 Å². The molecule has 2 aromatic rings. The summed E-state index contributed by atoms with van der Waals surface area (Å²) in [5, 5.41) is 4.22. The van der Waals surface area contributed by atoms with Crippen LogP contribution in [0.3, 0.4) is 0 Å². The van der Waals surface area contributed by atoms with Gasteiger partial charge in [-0.3, -0.25) is 0 Å². The molecule has 0 saturated heterocycles. The van der Waals surface area contributed by atoms with Crippen molar-refractivity contribution in [1.82, 2.24) is 14.8 Å². The summed E-state index contributed by atoms with van der Waals surface area (Å²) in [4.78, 5) is 15.9. The Morgan fingerprint density at radius 1 is 1.50 bits per heavy atom. The van der Waals surface area contributed by atoms with Crippen LogP contribution in [0.4, 0.5) is 0 Å². The standard InChI is InChI=1S/C12H12ClN3O2/c1-2-18-12(17)10-4-3-6-14-11(10)16-7-5-9(8-13)15-16/h3-7H,2,8H2,1H3. The van der Waals surface area contributed by atoms with Gasteiger partial charge in [0.2, 0.25) is 0 Å². The van der Waals surface area contributed by atoms with E-state index in [4.69, 9.17) is 16.3 Å². The van der Waals surface area contributed by atoms with Crippen molar-refractivity contribution in [3.05, 3.63) is 41.9 Å². The monoisotopic (exact) mass is 265 g/mol. The van der Waals surface area contributed by atoms with Gasteiger partial charge < -0.3 is 4.74 Å². The average molecular weight is 266 g/mol. The lowest BCUT2D eigenvalue weighted by Gasteiger charge is -2.07. The molecule has 0 aliphatic heterocycles. The molecule has 2 heterocycles. The second-order valence-electron chi connectivity index (χ2n) is 3.48. The van der Waals surface area contributed by atoms with E-state index in [1.165, 1.54) is 4.68 Å². The van der Waals surface area contributed by atoms with Crippen LogP contribution in [0.15, 0.2) is 30.6 Å². The molecule has 94 valence electrons. The number of halogens is 1. The number of carbonyl (C=O) groups excluding carboxylic acids is 1. The maximum Gasteiger partial charge on any atom is 0.341 e. The van der Waals surface area contributed by atoms with Crippen molar-refractivity contribution in [2.75, 3.05) is 6.61 Å². The van der Waals surface area contributed by atoms with Crippen LogP contribution in [0.2, 0.25) is 0 Å². The van der Waals surface area contributed by atoms with Gasteiger partial charge in [0.15, 0.2) is 5.82 Å². The Morgan fingerprint density at radius 2 is 2.33 bits per heavy atom. The number of pyridine rings is 1. The number of carbonyl (C=O) groups is 1. The lowest BCUT2D eigenvalue weighted by Crippen LogP contribution is -2.11. The van der Waals surface area contributed by atoms with E-state index in [0.717, 1.165) is 5.69 Å². The summed E-state index contributed by atoms with van der Waals surface area (Å²) in [6.07, 6.45) is 3.31. The molecule has 0 N–H and O–H groups in total. The van der Waals surface area contributed by atoms with E-state index in [0.29, 0.717) is 23.9 Å². The van der Waals surface area contributed by atoms with E-state index in [-0.39, 0.29) is 0 Å². The summed E-state index contributed by atoms with van der Waals surface area (Å²) >= 11 is 5.69. The van der Waals surface area contributed by atoms with Gasteiger partial charge in [-0.1, -0.05) is 0 Å². The van der Waals surface area contributed by atoms with Gasteiger partial charge in [0.05, 0.1) is 18.2 Å². The van der Waals surface area contributed by atoms with Crippen LogP contribution in [0.5, 0.6) is 0 Å². The molecule has 0 amide bonds. The second-order valence-corrected chi connectivity index (χ2v) is 3.75. The van der Waals surface area contributed by atoms with Crippen molar-refractivity contribution in [1.29, 1.82) is 0 Å².